The minimum atomic E-state index is 1.01. The first-order valence-electron chi connectivity index (χ1n) is 13.1. The molecule has 0 heteroatoms. The van der Waals surface area contributed by atoms with Crippen LogP contribution in [0.5, 0.6) is 0 Å². The molecule has 0 N–H and O–H groups in total. The van der Waals surface area contributed by atoms with Crippen LogP contribution in [0.15, 0.2) is 0 Å². The molecule has 5 aliphatic rings. The molecule has 5 saturated carbocycles. The Morgan fingerprint density at radius 1 is 0.407 bits per heavy atom. The van der Waals surface area contributed by atoms with Crippen LogP contribution in [0.3, 0.4) is 0 Å². The fraction of sp³-hybridized carbons (Fsp3) is 1.00. The average Bonchev–Trinajstić information content (AvgIpc) is 2.67. The fourth-order valence-corrected chi connectivity index (χ4v) is 9.77. The van der Waals surface area contributed by atoms with Gasteiger partial charge < -0.3 is 0 Å². The Labute approximate surface area is 169 Å². The van der Waals surface area contributed by atoms with Crippen LogP contribution in [0.1, 0.15) is 104 Å². The van der Waals surface area contributed by atoms with Crippen molar-refractivity contribution in [2.24, 2.45) is 65.1 Å². The van der Waals surface area contributed by atoms with Crippen LogP contribution in [0, 0.1) is 65.1 Å². The highest BCUT2D eigenvalue weighted by Gasteiger charge is 2.51. The second kappa shape index (κ2) is 7.68. The SMILES string of the molecule is CC1CCC2C(CCC3C2CC(C)CC3C2CCC(C)C3CCCCC32)C1. The lowest BCUT2D eigenvalue weighted by molar-refractivity contribution is -0.0772. The van der Waals surface area contributed by atoms with E-state index in [1.54, 1.807) is 70.6 Å². The molecule has 0 aromatic rings. The molecule has 0 nitrogen and oxygen atoms in total. The van der Waals surface area contributed by atoms with Crippen molar-refractivity contribution in [3.05, 3.63) is 0 Å². The van der Waals surface area contributed by atoms with Gasteiger partial charge in [-0.25, -0.2) is 0 Å². The maximum Gasteiger partial charge on any atom is -0.0349 e. The Bertz CT molecular complexity index is 508. The molecule has 0 amide bonds. The summed E-state index contributed by atoms with van der Waals surface area (Å²) in [7, 11) is 0. The van der Waals surface area contributed by atoms with Gasteiger partial charge in [-0.2, -0.15) is 0 Å². The van der Waals surface area contributed by atoms with Crippen molar-refractivity contribution in [2.75, 3.05) is 0 Å². The first kappa shape index (κ1) is 19.0. The molecule has 0 aromatic heterocycles. The molecule has 0 spiro atoms. The quantitative estimate of drug-likeness (QED) is 0.439. The summed E-state index contributed by atoms with van der Waals surface area (Å²) < 4.78 is 0. The minimum absolute atomic E-state index is 1.01. The van der Waals surface area contributed by atoms with Crippen molar-refractivity contribution in [3.8, 4) is 0 Å². The molecular weight excluding hydrogens is 324 g/mol. The van der Waals surface area contributed by atoms with Crippen LogP contribution >= 0.6 is 0 Å². The topological polar surface area (TPSA) is 0 Å². The Balaban J connectivity index is 1.38. The summed E-state index contributed by atoms with van der Waals surface area (Å²) in [6.07, 6.45) is 20.5. The molecule has 11 unspecified atom stereocenters. The van der Waals surface area contributed by atoms with Crippen LogP contribution in [0.25, 0.3) is 0 Å². The van der Waals surface area contributed by atoms with Crippen molar-refractivity contribution in [2.45, 2.75) is 104 Å². The predicted molar refractivity (Wildman–Crippen MR) is 115 cm³/mol. The summed E-state index contributed by atoms with van der Waals surface area (Å²) >= 11 is 0. The van der Waals surface area contributed by atoms with Crippen molar-refractivity contribution in [1.29, 1.82) is 0 Å². The van der Waals surface area contributed by atoms with E-state index in [0.717, 1.165) is 65.1 Å². The van der Waals surface area contributed by atoms with Gasteiger partial charge in [0, 0.05) is 0 Å². The Morgan fingerprint density at radius 2 is 1.00 bits per heavy atom. The maximum atomic E-state index is 2.63. The van der Waals surface area contributed by atoms with E-state index in [9.17, 15) is 0 Å². The maximum absolute atomic E-state index is 2.63. The lowest BCUT2D eigenvalue weighted by Gasteiger charge is -2.57. The van der Waals surface area contributed by atoms with E-state index < -0.39 is 0 Å². The third kappa shape index (κ3) is 3.44. The predicted octanol–water partition coefficient (Wildman–Crippen LogP) is 7.96. The molecule has 0 heterocycles. The van der Waals surface area contributed by atoms with Crippen molar-refractivity contribution >= 4 is 0 Å². The van der Waals surface area contributed by atoms with E-state index in [4.69, 9.17) is 0 Å². The van der Waals surface area contributed by atoms with Gasteiger partial charge in [0.1, 0.15) is 0 Å². The molecule has 5 fully saturated rings. The summed E-state index contributed by atoms with van der Waals surface area (Å²) in [5.74, 6) is 11.9. The largest absolute Gasteiger partial charge is 0.0625 e. The number of hydrogen-bond donors (Lipinski definition) is 0. The average molecular weight is 371 g/mol. The smallest absolute Gasteiger partial charge is 0.0349 e. The van der Waals surface area contributed by atoms with E-state index in [1.807, 2.05) is 0 Å². The van der Waals surface area contributed by atoms with Gasteiger partial charge in [-0.15, -0.1) is 0 Å². The summed E-state index contributed by atoms with van der Waals surface area (Å²) in [5.41, 5.74) is 0. The van der Waals surface area contributed by atoms with Gasteiger partial charge >= 0.3 is 0 Å². The molecule has 11 atom stereocenters. The summed E-state index contributed by atoms with van der Waals surface area (Å²) in [5, 5.41) is 0. The zero-order valence-corrected chi connectivity index (χ0v) is 18.5. The molecule has 154 valence electrons. The van der Waals surface area contributed by atoms with Crippen LogP contribution < -0.4 is 0 Å². The van der Waals surface area contributed by atoms with Crippen LogP contribution in [0.2, 0.25) is 0 Å². The highest BCUT2D eigenvalue weighted by atomic mass is 14.6. The van der Waals surface area contributed by atoms with Gasteiger partial charge in [-0.1, -0.05) is 46.5 Å². The van der Waals surface area contributed by atoms with E-state index >= 15 is 0 Å². The third-order valence-electron chi connectivity index (χ3n) is 10.8. The van der Waals surface area contributed by atoms with Gasteiger partial charge in [0.05, 0.1) is 0 Å². The van der Waals surface area contributed by atoms with Crippen molar-refractivity contribution in [3.63, 3.8) is 0 Å². The zero-order valence-electron chi connectivity index (χ0n) is 18.5. The Hall–Kier alpha value is 0. The lowest BCUT2D eigenvalue weighted by atomic mass is 9.48. The molecule has 0 aliphatic heterocycles. The highest BCUT2D eigenvalue weighted by molar-refractivity contribution is 5.00. The van der Waals surface area contributed by atoms with E-state index in [0.29, 0.717) is 0 Å². The van der Waals surface area contributed by atoms with E-state index in [-0.39, 0.29) is 0 Å². The molecule has 5 rings (SSSR count). The standard InChI is InChI=1S/C27H46/c1-17-8-11-22-20(14-17)10-13-25-26(22)15-18(2)16-27(25)24-12-9-19(3)21-6-4-5-7-23(21)24/h17-27H,4-16H2,1-3H3. The zero-order chi connectivity index (χ0) is 18.5. The Kier molecular flexibility index (Phi) is 5.40. The molecule has 0 radical (unpaired) electrons. The number of hydrogen-bond acceptors (Lipinski definition) is 0. The molecule has 5 aliphatic carbocycles. The fourth-order valence-electron chi connectivity index (χ4n) is 9.77. The first-order valence-corrected chi connectivity index (χ1v) is 13.1. The molecular formula is C27H46. The molecule has 0 saturated heterocycles. The van der Waals surface area contributed by atoms with Crippen LogP contribution in [0.4, 0.5) is 0 Å². The van der Waals surface area contributed by atoms with Crippen LogP contribution in [-0.2, 0) is 0 Å². The van der Waals surface area contributed by atoms with Crippen molar-refractivity contribution in [1.82, 2.24) is 0 Å². The third-order valence-corrected chi connectivity index (χ3v) is 10.8. The number of rotatable bonds is 1. The Morgan fingerprint density at radius 3 is 1.81 bits per heavy atom. The van der Waals surface area contributed by atoms with E-state index in [1.165, 1.54) is 12.8 Å². The monoisotopic (exact) mass is 370 g/mol. The number of fused-ring (bicyclic) bond motifs is 4. The summed E-state index contributed by atoms with van der Waals surface area (Å²) in [4.78, 5) is 0. The summed E-state index contributed by atoms with van der Waals surface area (Å²) in [6, 6.07) is 0. The van der Waals surface area contributed by atoms with Gasteiger partial charge in [-0.3, -0.25) is 0 Å². The highest BCUT2D eigenvalue weighted by Crippen LogP contribution is 2.60. The molecule has 0 aromatic carbocycles. The lowest BCUT2D eigenvalue weighted by Crippen LogP contribution is -2.49. The minimum Gasteiger partial charge on any atom is -0.0625 e. The first-order chi connectivity index (χ1) is 13.1. The molecule has 0 bridgehead atoms. The van der Waals surface area contributed by atoms with Crippen LogP contribution in [-0.4, -0.2) is 0 Å². The molecule has 27 heavy (non-hydrogen) atoms. The van der Waals surface area contributed by atoms with Gasteiger partial charge in [-0.05, 0) is 123 Å². The van der Waals surface area contributed by atoms with Crippen molar-refractivity contribution < 1.29 is 0 Å². The second-order valence-corrected chi connectivity index (χ2v) is 12.3. The van der Waals surface area contributed by atoms with Gasteiger partial charge in [0.15, 0.2) is 0 Å². The second-order valence-electron chi connectivity index (χ2n) is 12.3. The van der Waals surface area contributed by atoms with Gasteiger partial charge in [0.2, 0.25) is 0 Å². The van der Waals surface area contributed by atoms with Gasteiger partial charge in [0.25, 0.3) is 0 Å². The summed E-state index contributed by atoms with van der Waals surface area (Å²) in [6.45, 7) is 7.75. The normalized spacial score (nSPS) is 55.9. The van der Waals surface area contributed by atoms with E-state index in [2.05, 4.69) is 20.8 Å².